The van der Waals surface area contributed by atoms with Gasteiger partial charge in [-0.2, -0.15) is 0 Å². The lowest BCUT2D eigenvalue weighted by atomic mass is 9.96. The van der Waals surface area contributed by atoms with Crippen LogP contribution in [0.15, 0.2) is 30.3 Å². The molecule has 0 spiro atoms. The Balaban J connectivity index is 1.62. The second-order valence-electron chi connectivity index (χ2n) is 6.58. The summed E-state index contributed by atoms with van der Waals surface area (Å²) in [5.41, 5.74) is 6.51. The first-order valence-electron chi connectivity index (χ1n) is 8.48. The number of nitrogens with zero attached hydrogens (tertiary/aromatic N) is 2. The standard InChI is InChI=1S/C18H23N3O3/c19-17(23)14-7-4-9-20(12-14)15-11-16(22)21(18(15)24)10-8-13-5-2-1-3-6-13/h1-3,5-6,14-15H,4,7-12H2,(H2,19,23)/t14-,15-/m1/s1. The molecule has 1 aromatic rings. The highest BCUT2D eigenvalue weighted by Crippen LogP contribution is 2.25. The zero-order chi connectivity index (χ0) is 17.1. The highest BCUT2D eigenvalue weighted by molar-refractivity contribution is 6.05. The maximum absolute atomic E-state index is 12.7. The monoisotopic (exact) mass is 329 g/mol. The quantitative estimate of drug-likeness (QED) is 0.800. The Kier molecular flexibility index (Phi) is 4.94. The van der Waals surface area contributed by atoms with Crippen molar-refractivity contribution in [3.05, 3.63) is 35.9 Å². The van der Waals surface area contributed by atoms with Crippen molar-refractivity contribution in [2.75, 3.05) is 19.6 Å². The molecule has 2 N–H and O–H groups in total. The molecule has 0 unspecified atom stereocenters. The van der Waals surface area contributed by atoms with E-state index in [-0.39, 0.29) is 30.1 Å². The van der Waals surface area contributed by atoms with E-state index in [1.165, 1.54) is 4.90 Å². The summed E-state index contributed by atoms with van der Waals surface area (Å²) in [7, 11) is 0. The van der Waals surface area contributed by atoms with Gasteiger partial charge in [-0.1, -0.05) is 30.3 Å². The number of hydrogen-bond donors (Lipinski definition) is 1. The number of amides is 3. The highest BCUT2D eigenvalue weighted by atomic mass is 16.2. The molecule has 3 rings (SSSR count). The van der Waals surface area contributed by atoms with Crippen LogP contribution in [0, 0.1) is 5.92 Å². The Bertz CT molecular complexity index is 632. The minimum atomic E-state index is -0.435. The van der Waals surface area contributed by atoms with Gasteiger partial charge in [-0.3, -0.25) is 24.2 Å². The van der Waals surface area contributed by atoms with Crippen molar-refractivity contribution >= 4 is 17.7 Å². The summed E-state index contributed by atoms with van der Waals surface area (Å²) in [5.74, 6) is -0.805. The van der Waals surface area contributed by atoms with Gasteiger partial charge in [-0.15, -0.1) is 0 Å². The average Bonchev–Trinajstić information content (AvgIpc) is 2.88. The van der Waals surface area contributed by atoms with Gasteiger partial charge in [-0.25, -0.2) is 0 Å². The van der Waals surface area contributed by atoms with Gasteiger partial charge in [0.2, 0.25) is 17.7 Å². The van der Waals surface area contributed by atoms with E-state index in [2.05, 4.69) is 0 Å². The maximum Gasteiger partial charge on any atom is 0.247 e. The van der Waals surface area contributed by atoms with Crippen LogP contribution in [0.1, 0.15) is 24.8 Å². The van der Waals surface area contributed by atoms with Crippen molar-refractivity contribution < 1.29 is 14.4 Å². The smallest absolute Gasteiger partial charge is 0.247 e. The Morgan fingerprint density at radius 2 is 1.96 bits per heavy atom. The lowest BCUT2D eigenvalue weighted by Crippen LogP contribution is -2.49. The fourth-order valence-corrected chi connectivity index (χ4v) is 3.59. The normalized spacial score (nSPS) is 25.2. The summed E-state index contributed by atoms with van der Waals surface area (Å²) in [5, 5.41) is 0. The second-order valence-corrected chi connectivity index (χ2v) is 6.58. The Hall–Kier alpha value is -2.21. The number of nitrogens with two attached hydrogens (primary N) is 1. The summed E-state index contributed by atoms with van der Waals surface area (Å²) in [6.45, 7) is 1.62. The predicted octanol–water partition coefficient (Wildman–Crippen LogP) is 0.554. The van der Waals surface area contributed by atoms with Crippen LogP contribution in [-0.2, 0) is 20.8 Å². The van der Waals surface area contributed by atoms with Crippen molar-refractivity contribution in [2.45, 2.75) is 31.7 Å². The third-order valence-electron chi connectivity index (χ3n) is 4.98. The Morgan fingerprint density at radius 3 is 2.67 bits per heavy atom. The molecule has 6 nitrogen and oxygen atoms in total. The summed E-state index contributed by atoms with van der Waals surface area (Å²) >= 11 is 0. The number of piperidine rings is 1. The third kappa shape index (κ3) is 3.48. The molecular formula is C18H23N3O3. The van der Waals surface area contributed by atoms with Crippen molar-refractivity contribution in [1.82, 2.24) is 9.80 Å². The van der Waals surface area contributed by atoms with E-state index in [0.717, 1.165) is 24.9 Å². The molecule has 0 saturated carbocycles. The maximum atomic E-state index is 12.7. The molecule has 0 aliphatic carbocycles. The molecule has 6 heteroatoms. The number of carbonyl (C=O) groups excluding carboxylic acids is 3. The van der Waals surface area contributed by atoms with E-state index in [9.17, 15) is 14.4 Å². The SMILES string of the molecule is NC(=O)[C@@H]1CCCN([C@@H]2CC(=O)N(CCc3ccccc3)C2=O)C1. The molecule has 2 aliphatic rings. The van der Waals surface area contributed by atoms with Crippen LogP contribution in [0.2, 0.25) is 0 Å². The summed E-state index contributed by atoms with van der Waals surface area (Å²) in [6, 6.07) is 9.38. The molecule has 2 aliphatic heterocycles. The fourth-order valence-electron chi connectivity index (χ4n) is 3.59. The molecule has 3 amide bonds. The predicted molar refractivity (Wildman–Crippen MR) is 88.8 cm³/mol. The van der Waals surface area contributed by atoms with E-state index in [1.807, 2.05) is 35.2 Å². The van der Waals surface area contributed by atoms with Gasteiger partial charge in [0.15, 0.2) is 0 Å². The molecule has 128 valence electrons. The zero-order valence-electron chi connectivity index (χ0n) is 13.7. The number of hydrogen-bond acceptors (Lipinski definition) is 4. The first kappa shape index (κ1) is 16.6. The fraction of sp³-hybridized carbons (Fsp3) is 0.500. The minimum absolute atomic E-state index is 0.123. The Labute approximate surface area is 141 Å². The molecule has 24 heavy (non-hydrogen) atoms. The van der Waals surface area contributed by atoms with Crippen LogP contribution in [0.4, 0.5) is 0 Å². The van der Waals surface area contributed by atoms with Crippen molar-refractivity contribution in [2.24, 2.45) is 11.7 Å². The summed E-state index contributed by atoms with van der Waals surface area (Å²) in [4.78, 5) is 39.7. The van der Waals surface area contributed by atoms with E-state index in [0.29, 0.717) is 19.5 Å². The van der Waals surface area contributed by atoms with Crippen LogP contribution in [-0.4, -0.2) is 53.2 Å². The molecule has 2 fully saturated rings. The van der Waals surface area contributed by atoms with E-state index >= 15 is 0 Å². The summed E-state index contributed by atoms with van der Waals surface area (Å²) in [6.07, 6.45) is 2.46. The minimum Gasteiger partial charge on any atom is -0.369 e. The van der Waals surface area contributed by atoms with Crippen LogP contribution in [0.3, 0.4) is 0 Å². The number of imide groups is 1. The van der Waals surface area contributed by atoms with Gasteiger partial charge < -0.3 is 5.73 Å². The van der Waals surface area contributed by atoms with Crippen LogP contribution < -0.4 is 5.73 Å². The van der Waals surface area contributed by atoms with E-state index in [4.69, 9.17) is 5.73 Å². The largest absolute Gasteiger partial charge is 0.369 e. The Morgan fingerprint density at radius 1 is 1.21 bits per heavy atom. The van der Waals surface area contributed by atoms with Gasteiger partial charge in [-0.05, 0) is 31.4 Å². The first-order chi connectivity index (χ1) is 11.6. The van der Waals surface area contributed by atoms with Gasteiger partial charge in [0.1, 0.15) is 0 Å². The lowest BCUT2D eigenvalue weighted by Gasteiger charge is -2.34. The first-order valence-corrected chi connectivity index (χ1v) is 8.48. The molecule has 0 bridgehead atoms. The molecule has 0 aromatic heterocycles. The lowest BCUT2D eigenvalue weighted by molar-refractivity contribution is -0.140. The molecule has 2 atom stereocenters. The van der Waals surface area contributed by atoms with Gasteiger partial charge in [0.05, 0.1) is 18.4 Å². The number of benzene rings is 1. The molecule has 0 radical (unpaired) electrons. The van der Waals surface area contributed by atoms with E-state index < -0.39 is 6.04 Å². The number of likely N-dealkylation sites (tertiary alicyclic amines) is 2. The second kappa shape index (κ2) is 7.13. The van der Waals surface area contributed by atoms with Crippen LogP contribution in [0.5, 0.6) is 0 Å². The third-order valence-corrected chi connectivity index (χ3v) is 4.98. The van der Waals surface area contributed by atoms with Gasteiger partial charge >= 0.3 is 0 Å². The number of rotatable bonds is 5. The zero-order valence-corrected chi connectivity index (χ0v) is 13.7. The van der Waals surface area contributed by atoms with Crippen LogP contribution >= 0.6 is 0 Å². The molecule has 2 heterocycles. The highest BCUT2D eigenvalue weighted by Gasteiger charge is 2.43. The molecule has 1 aromatic carbocycles. The molecule has 2 saturated heterocycles. The topological polar surface area (TPSA) is 83.7 Å². The van der Waals surface area contributed by atoms with Crippen molar-refractivity contribution in [3.8, 4) is 0 Å². The summed E-state index contributed by atoms with van der Waals surface area (Å²) < 4.78 is 0. The van der Waals surface area contributed by atoms with Crippen LogP contribution in [0.25, 0.3) is 0 Å². The number of carbonyl (C=O) groups is 3. The van der Waals surface area contributed by atoms with Gasteiger partial charge in [0.25, 0.3) is 0 Å². The van der Waals surface area contributed by atoms with E-state index in [1.54, 1.807) is 0 Å². The van der Waals surface area contributed by atoms with Crippen molar-refractivity contribution in [3.63, 3.8) is 0 Å². The van der Waals surface area contributed by atoms with Crippen molar-refractivity contribution in [1.29, 1.82) is 0 Å². The molecular weight excluding hydrogens is 306 g/mol. The number of primary amides is 1. The van der Waals surface area contributed by atoms with Gasteiger partial charge in [0, 0.05) is 13.1 Å². The average molecular weight is 329 g/mol.